The predicted octanol–water partition coefficient (Wildman–Crippen LogP) is 2.38. The summed E-state index contributed by atoms with van der Waals surface area (Å²) in [5, 5.41) is 8.32. The maximum atomic E-state index is 8.32. The molecule has 1 heterocycles. The minimum atomic E-state index is -0.314. The summed E-state index contributed by atoms with van der Waals surface area (Å²) >= 11 is 3.15. The Morgan fingerprint density at radius 1 is 1.67 bits per heavy atom. The molecule has 0 fully saturated rings. The van der Waals surface area contributed by atoms with E-state index in [9.17, 15) is 0 Å². The van der Waals surface area contributed by atoms with Crippen molar-refractivity contribution in [2.45, 2.75) is 12.5 Å². The zero-order chi connectivity index (χ0) is 8.27. The number of nitrogens with two attached hydrogens (primary N) is 1. The highest BCUT2D eigenvalue weighted by Crippen LogP contribution is 2.20. The van der Waals surface area contributed by atoms with Crippen molar-refractivity contribution in [2.75, 3.05) is 0 Å². The molecular formula is C7H8BrClN2O. The first-order chi connectivity index (χ1) is 5.24. The molecule has 1 rings (SSSR count). The fourth-order valence-corrected chi connectivity index (χ4v) is 1.05. The molecule has 0 aliphatic heterocycles. The van der Waals surface area contributed by atoms with E-state index in [1.807, 2.05) is 6.07 Å². The summed E-state index contributed by atoms with van der Waals surface area (Å²) in [4.78, 5) is 0. The molecule has 0 unspecified atom stereocenters. The summed E-state index contributed by atoms with van der Waals surface area (Å²) < 4.78 is 5.78. The lowest BCUT2D eigenvalue weighted by Gasteiger charge is -2.00. The maximum absolute atomic E-state index is 8.32. The Morgan fingerprint density at radius 2 is 2.33 bits per heavy atom. The van der Waals surface area contributed by atoms with Crippen LogP contribution in [-0.4, -0.2) is 0 Å². The van der Waals surface area contributed by atoms with Crippen molar-refractivity contribution >= 4 is 28.3 Å². The maximum Gasteiger partial charge on any atom is 0.169 e. The first-order valence-corrected chi connectivity index (χ1v) is 3.91. The van der Waals surface area contributed by atoms with Gasteiger partial charge in [0.25, 0.3) is 0 Å². The Balaban J connectivity index is 0.00000121. The third-order valence-electron chi connectivity index (χ3n) is 1.27. The van der Waals surface area contributed by atoms with Gasteiger partial charge in [-0.1, -0.05) is 0 Å². The van der Waals surface area contributed by atoms with Crippen LogP contribution in [0.1, 0.15) is 18.2 Å². The summed E-state index contributed by atoms with van der Waals surface area (Å²) in [5.74, 6) is 0.637. The Kier molecular flexibility index (Phi) is 4.98. The van der Waals surface area contributed by atoms with Gasteiger partial charge in [-0.2, -0.15) is 5.26 Å². The molecule has 0 spiro atoms. The number of halogens is 2. The minimum Gasteiger partial charge on any atom is -0.453 e. The van der Waals surface area contributed by atoms with Gasteiger partial charge in [0.2, 0.25) is 0 Å². The summed E-state index contributed by atoms with van der Waals surface area (Å²) in [5.41, 5.74) is 5.58. The normalized spacial score (nSPS) is 11.4. The topological polar surface area (TPSA) is 63.0 Å². The van der Waals surface area contributed by atoms with E-state index < -0.39 is 0 Å². The van der Waals surface area contributed by atoms with Gasteiger partial charge in [-0.15, -0.1) is 12.4 Å². The number of nitriles is 1. The molecule has 2 N–H and O–H groups in total. The summed E-state index contributed by atoms with van der Waals surface area (Å²) in [6, 6.07) is 5.17. The molecule has 5 heteroatoms. The van der Waals surface area contributed by atoms with Crippen molar-refractivity contribution in [3.05, 3.63) is 22.6 Å². The second kappa shape index (κ2) is 5.20. The molecule has 66 valence electrons. The van der Waals surface area contributed by atoms with Crippen LogP contribution in [0.15, 0.2) is 21.2 Å². The molecule has 12 heavy (non-hydrogen) atoms. The van der Waals surface area contributed by atoms with Crippen LogP contribution in [0.4, 0.5) is 0 Å². The molecule has 3 nitrogen and oxygen atoms in total. The highest BCUT2D eigenvalue weighted by molar-refractivity contribution is 9.10. The predicted molar refractivity (Wildman–Crippen MR) is 50.8 cm³/mol. The molecule has 0 saturated heterocycles. The molecule has 0 aliphatic rings. The van der Waals surface area contributed by atoms with Gasteiger partial charge in [0.15, 0.2) is 4.67 Å². The first-order valence-electron chi connectivity index (χ1n) is 3.12. The van der Waals surface area contributed by atoms with Crippen molar-refractivity contribution in [1.82, 2.24) is 0 Å². The fourth-order valence-electron chi connectivity index (χ4n) is 0.727. The number of hydrogen-bond donors (Lipinski definition) is 1. The number of rotatable bonds is 2. The molecule has 0 amide bonds. The van der Waals surface area contributed by atoms with Crippen molar-refractivity contribution in [3.8, 4) is 6.07 Å². The molecule has 0 aromatic carbocycles. The lowest BCUT2D eigenvalue weighted by molar-refractivity contribution is 0.452. The SMILES string of the molecule is Cl.N#CC[C@H](N)c1ccc(Br)o1. The van der Waals surface area contributed by atoms with Crippen LogP contribution in [0.3, 0.4) is 0 Å². The average Bonchev–Trinajstić information content (AvgIpc) is 2.36. The van der Waals surface area contributed by atoms with Crippen LogP contribution < -0.4 is 5.73 Å². The van der Waals surface area contributed by atoms with E-state index in [0.717, 1.165) is 0 Å². The highest BCUT2D eigenvalue weighted by Gasteiger charge is 2.08. The second-order valence-corrected chi connectivity index (χ2v) is 2.89. The summed E-state index contributed by atoms with van der Waals surface area (Å²) in [6.45, 7) is 0. The van der Waals surface area contributed by atoms with Gasteiger partial charge in [0.05, 0.1) is 18.5 Å². The lowest BCUT2D eigenvalue weighted by atomic mass is 10.2. The third kappa shape index (κ3) is 2.86. The Bertz CT molecular complexity index is 281. The zero-order valence-electron chi connectivity index (χ0n) is 6.16. The third-order valence-corrected chi connectivity index (χ3v) is 1.70. The molecule has 0 radical (unpaired) electrons. The Hall–Kier alpha value is -0.500. The van der Waals surface area contributed by atoms with Crippen molar-refractivity contribution in [2.24, 2.45) is 5.73 Å². The molecule has 0 bridgehead atoms. The standard InChI is InChI=1S/C7H7BrN2O.ClH/c8-7-2-1-6(11-7)5(10)3-4-9;/h1-2,5H,3,10H2;1H/t5-;/m0./s1. The average molecular weight is 252 g/mol. The van der Waals surface area contributed by atoms with E-state index in [4.69, 9.17) is 15.4 Å². The van der Waals surface area contributed by atoms with E-state index in [0.29, 0.717) is 10.4 Å². The molecular weight excluding hydrogens is 243 g/mol. The number of hydrogen-bond acceptors (Lipinski definition) is 3. The van der Waals surface area contributed by atoms with Crippen molar-refractivity contribution < 1.29 is 4.42 Å². The van der Waals surface area contributed by atoms with Gasteiger partial charge < -0.3 is 10.2 Å². The highest BCUT2D eigenvalue weighted by atomic mass is 79.9. The Labute approximate surface area is 85.1 Å². The van der Waals surface area contributed by atoms with Gasteiger partial charge in [-0.25, -0.2) is 0 Å². The monoisotopic (exact) mass is 250 g/mol. The largest absolute Gasteiger partial charge is 0.453 e. The van der Waals surface area contributed by atoms with E-state index in [1.54, 1.807) is 12.1 Å². The fraction of sp³-hybridized carbons (Fsp3) is 0.286. The van der Waals surface area contributed by atoms with Gasteiger partial charge in [-0.3, -0.25) is 0 Å². The number of nitrogens with zero attached hydrogens (tertiary/aromatic N) is 1. The van der Waals surface area contributed by atoms with Crippen LogP contribution in [-0.2, 0) is 0 Å². The first kappa shape index (κ1) is 11.5. The number of furan rings is 1. The minimum absolute atomic E-state index is 0. The summed E-state index contributed by atoms with van der Waals surface area (Å²) in [6.07, 6.45) is 0.278. The van der Waals surface area contributed by atoms with Crippen LogP contribution in [0.5, 0.6) is 0 Å². The molecule has 0 saturated carbocycles. The van der Waals surface area contributed by atoms with Crippen LogP contribution in [0.25, 0.3) is 0 Å². The smallest absolute Gasteiger partial charge is 0.169 e. The molecule has 1 aromatic heterocycles. The van der Waals surface area contributed by atoms with E-state index in [2.05, 4.69) is 15.9 Å². The van der Waals surface area contributed by atoms with Crippen molar-refractivity contribution in [1.29, 1.82) is 5.26 Å². The van der Waals surface area contributed by atoms with Gasteiger partial charge >= 0.3 is 0 Å². The van der Waals surface area contributed by atoms with Crippen LogP contribution in [0, 0.1) is 11.3 Å². The molecule has 1 atom stereocenters. The van der Waals surface area contributed by atoms with Crippen LogP contribution >= 0.6 is 28.3 Å². The van der Waals surface area contributed by atoms with E-state index in [1.165, 1.54) is 0 Å². The lowest BCUT2D eigenvalue weighted by Crippen LogP contribution is -2.07. The van der Waals surface area contributed by atoms with Crippen LogP contribution in [0.2, 0.25) is 0 Å². The zero-order valence-corrected chi connectivity index (χ0v) is 8.56. The quantitative estimate of drug-likeness (QED) is 0.878. The van der Waals surface area contributed by atoms with Crippen molar-refractivity contribution in [3.63, 3.8) is 0 Å². The van der Waals surface area contributed by atoms with Gasteiger partial charge in [0, 0.05) is 0 Å². The summed E-state index contributed by atoms with van der Waals surface area (Å²) in [7, 11) is 0. The van der Waals surface area contributed by atoms with E-state index in [-0.39, 0.29) is 24.9 Å². The second-order valence-electron chi connectivity index (χ2n) is 2.11. The van der Waals surface area contributed by atoms with E-state index >= 15 is 0 Å². The van der Waals surface area contributed by atoms with Gasteiger partial charge in [-0.05, 0) is 28.1 Å². The Morgan fingerprint density at radius 3 is 2.75 bits per heavy atom. The molecule has 0 aliphatic carbocycles. The molecule has 1 aromatic rings. The van der Waals surface area contributed by atoms with Gasteiger partial charge in [0.1, 0.15) is 5.76 Å².